The average molecular weight is 374 g/mol. The van der Waals surface area contributed by atoms with Gasteiger partial charge in [-0.05, 0) is 23.1 Å². The first-order valence-corrected chi connectivity index (χ1v) is 9.91. The van der Waals surface area contributed by atoms with E-state index >= 15 is 0 Å². The highest BCUT2D eigenvalue weighted by atomic mass is 16.5. The molecule has 0 N–H and O–H groups in total. The van der Waals surface area contributed by atoms with Crippen molar-refractivity contribution in [2.75, 3.05) is 6.54 Å². The number of hydrogen-bond donors (Lipinski definition) is 0. The first kappa shape index (κ1) is 18.5. The van der Waals surface area contributed by atoms with Gasteiger partial charge < -0.3 is 9.30 Å². The SMILES string of the molecule is CCc1ccc(CN2CCn3cc(OCc4ccccc4)c(=O)cc3C2)cc1. The molecule has 0 aliphatic carbocycles. The molecule has 0 bridgehead atoms. The number of aryl methyl sites for hydroxylation is 1. The van der Waals surface area contributed by atoms with Crippen LogP contribution in [0.1, 0.15) is 29.3 Å². The summed E-state index contributed by atoms with van der Waals surface area (Å²) >= 11 is 0. The van der Waals surface area contributed by atoms with Crippen LogP contribution in [0.5, 0.6) is 5.75 Å². The fraction of sp³-hybridized carbons (Fsp3) is 0.292. The Morgan fingerprint density at radius 2 is 1.68 bits per heavy atom. The van der Waals surface area contributed by atoms with Gasteiger partial charge in [0, 0.05) is 37.9 Å². The van der Waals surface area contributed by atoms with E-state index < -0.39 is 0 Å². The fourth-order valence-electron chi connectivity index (χ4n) is 3.61. The van der Waals surface area contributed by atoms with E-state index in [1.807, 2.05) is 36.5 Å². The number of benzene rings is 2. The van der Waals surface area contributed by atoms with Crippen molar-refractivity contribution in [1.29, 1.82) is 0 Å². The molecule has 0 spiro atoms. The van der Waals surface area contributed by atoms with Gasteiger partial charge in [-0.2, -0.15) is 0 Å². The number of nitrogens with zero attached hydrogens (tertiary/aromatic N) is 2. The minimum absolute atomic E-state index is 0.0451. The van der Waals surface area contributed by atoms with E-state index in [0.717, 1.165) is 43.9 Å². The van der Waals surface area contributed by atoms with Gasteiger partial charge in [-0.25, -0.2) is 0 Å². The number of hydrogen-bond acceptors (Lipinski definition) is 3. The van der Waals surface area contributed by atoms with Crippen LogP contribution in [0.25, 0.3) is 0 Å². The van der Waals surface area contributed by atoms with Crippen LogP contribution in [-0.2, 0) is 32.7 Å². The minimum atomic E-state index is -0.0451. The van der Waals surface area contributed by atoms with Crippen LogP contribution in [-0.4, -0.2) is 16.0 Å². The van der Waals surface area contributed by atoms with Crippen LogP contribution in [0, 0.1) is 0 Å². The summed E-state index contributed by atoms with van der Waals surface area (Å²) in [7, 11) is 0. The summed E-state index contributed by atoms with van der Waals surface area (Å²) in [6, 6.07) is 20.5. The molecule has 2 aromatic carbocycles. The van der Waals surface area contributed by atoms with Crippen LogP contribution in [0.3, 0.4) is 0 Å². The Morgan fingerprint density at radius 1 is 0.929 bits per heavy atom. The van der Waals surface area contributed by atoms with Crippen molar-refractivity contribution in [1.82, 2.24) is 9.47 Å². The molecule has 144 valence electrons. The maximum absolute atomic E-state index is 12.5. The Morgan fingerprint density at radius 3 is 2.43 bits per heavy atom. The van der Waals surface area contributed by atoms with Crippen molar-refractivity contribution < 1.29 is 4.74 Å². The standard InChI is InChI=1S/C24H26N2O2/c1-2-19-8-10-20(11-9-19)15-25-12-13-26-17-24(23(27)14-22(26)16-25)28-18-21-6-4-3-5-7-21/h3-11,14,17H,2,12-13,15-16,18H2,1H3. The van der Waals surface area contributed by atoms with Crippen molar-refractivity contribution >= 4 is 0 Å². The zero-order valence-corrected chi connectivity index (χ0v) is 16.3. The third-order valence-electron chi connectivity index (χ3n) is 5.30. The monoisotopic (exact) mass is 374 g/mol. The lowest BCUT2D eigenvalue weighted by atomic mass is 10.1. The highest BCUT2D eigenvalue weighted by Crippen LogP contribution is 2.18. The number of aromatic nitrogens is 1. The lowest BCUT2D eigenvalue weighted by Gasteiger charge is -2.30. The summed E-state index contributed by atoms with van der Waals surface area (Å²) in [6.07, 6.45) is 2.93. The van der Waals surface area contributed by atoms with Crippen molar-refractivity contribution in [3.8, 4) is 5.75 Å². The Hall–Kier alpha value is -2.85. The largest absolute Gasteiger partial charge is 0.483 e. The molecule has 28 heavy (non-hydrogen) atoms. The molecule has 4 rings (SSSR count). The lowest BCUT2D eigenvalue weighted by Crippen LogP contribution is -2.34. The van der Waals surface area contributed by atoms with E-state index in [1.165, 1.54) is 11.1 Å². The van der Waals surface area contributed by atoms with Gasteiger partial charge in [0.05, 0.1) is 6.20 Å². The molecule has 0 fully saturated rings. The maximum Gasteiger partial charge on any atom is 0.223 e. The summed E-state index contributed by atoms with van der Waals surface area (Å²) in [5.41, 5.74) is 4.74. The van der Waals surface area contributed by atoms with Gasteiger partial charge in [0.25, 0.3) is 0 Å². The van der Waals surface area contributed by atoms with Gasteiger partial charge >= 0.3 is 0 Å². The number of fused-ring (bicyclic) bond motifs is 1. The number of rotatable bonds is 6. The smallest absolute Gasteiger partial charge is 0.223 e. The van der Waals surface area contributed by atoms with Gasteiger partial charge in [-0.15, -0.1) is 0 Å². The normalized spacial score (nSPS) is 13.9. The maximum atomic E-state index is 12.5. The summed E-state index contributed by atoms with van der Waals surface area (Å²) in [6.45, 7) is 6.10. The number of pyridine rings is 1. The van der Waals surface area contributed by atoms with Gasteiger partial charge in [0.2, 0.25) is 5.43 Å². The van der Waals surface area contributed by atoms with Gasteiger partial charge in [-0.1, -0.05) is 61.5 Å². The lowest BCUT2D eigenvalue weighted by molar-refractivity contribution is 0.208. The topological polar surface area (TPSA) is 34.5 Å². The van der Waals surface area contributed by atoms with E-state index in [-0.39, 0.29) is 5.43 Å². The van der Waals surface area contributed by atoms with Crippen LogP contribution in [0.15, 0.2) is 71.7 Å². The van der Waals surface area contributed by atoms with E-state index in [1.54, 1.807) is 6.07 Å². The Kier molecular flexibility index (Phi) is 5.58. The molecule has 0 saturated carbocycles. The molecule has 4 heteroatoms. The van der Waals surface area contributed by atoms with E-state index in [2.05, 4.69) is 40.7 Å². The highest BCUT2D eigenvalue weighted by molar-refractivity contribution is 5.25. The van der Waals surface area contributed by atoms with E-state index in [4.69, 9.17) is 4.74 Å². The Balaban J connectivity index is 1.42. The predicted octanol–water partition coefficient (Wildman–Crippen LogP) is 4.01. The second kappa shape index (κ2) is 8.44. The Bertz CT molecular complexity index is 978. The molecule has 0 saturated heterocycles. The summed E-state index contributed by atoms with van der Waals surface area (Å²) in [5.74, 6) is 0.427. The zero-order chi connectivity index (χ0) is 19.3. The molecule has 1 aliphatic rings. The molecule has 0 unspecified atom stereocenters. The average Bonchev–Trinajstić information content (AvgIpc) is 2.73. The fourth-order valence-corrected chi connectivity index (χ4v) is 3.61. The van der Waals surface area contributed by atoms with E-state index in [9.17, 15) is 4.79 Å². The summed E-state index contributed by atoms with van der Waals surface area (Å²) in [4.78, 5) is 14.9. The molecule has 0 radical (unpaired) electrons. The Labute approximate surface area is 166 Å². The molecule has 0 atom stereocenters. The van der Waals surface area contributed by atoms with Crippen LogP contribution < -0.4 is 10.2 Å². The van der Waals surface area contributed by atoms with Crippen LogP contribution in [0.2, 0.25) is 0 Å². The summed E-state index contributed by atoms with van der Waals surface area (Å²) < 4.78 is 7.94. The van der Waals surface area contributed by atoms with Crippen molar-refractivity contribution in [3.63, 3.8) is 0 Å². The molecule has 2 heterocycles. The zero-order valence-electron chi connectivity index (χ0n) is 16.3. The molecular formula is C24H26N2O2. The third-order valence-corrected chi connectivity index (χ3v) is 5.30. The third kappa shape index (κ3) is 4.34. The number of ether oxygens (including phenoxy) is 1. The highest BCUT2D eigenvalue weighted by Gasteiger charge is 2.17. The van der Waals surface area contributed by atoms with Crippen molar-refractivity contribution in [3.05, 3.63) is 99.5 Å². The predicted molar refractivity (Wildman–Crippen MR) is 111 cm³/mol. The molecule has 1 aromatic heterocycles. The summed E-state index contributed by atoms with van der Waals surface area (Å²) in [5, 5.41) is 0. The molecule has 1 aliphatic heterocycles. The first-order valence-electron chi connectivity index (χ1n) is 9.91. The minimum Gasteiger partial charge on any atom is -0.483 e. The second-order valence-corrected chi connectivity index (χ2v) is 7.34. The first-order chi connectivity index (χ1) is 13.7. The van der Waals surface area contributed by atoms with Crippen molar-refractivity contribution in [2.45, 2.75) is 39.6 Å². The molecule has 3 aromatic rings. The van der Waals surface area contributed by atoms with E-state index in [0.29, 0.717) is 12.4 Å². The van der Waals surface area contributed by atoms with Crippen LogP contribution >= 0.6 is 0 Å². The quantitative estimate of drug-likeness (QED) is 0.654. The molecular weight excluding hydrogens is 348 g/mol. The van der Waals surface area contributed by atoms with Gasteiger partial charge in [0.15, 0.2) is 5.75 Å². The van der Waals surface area contributed by atoms with Crippen molar-refractivity contribution in [2.24, 2.45) is 0 Å². The molecule has 4 nitrogen and oxygen atoms in total. The van der Waals surface area contributed by atoms with Crippen LogP contribution in [0.4, 0.5) is 0 Å². The molecule has 0 amide bonds. The van der Waals surface area contributed by atoms with Gasteiger partial charge in [0.1, 0.15) is 6.61 Å². The van der Waals surface area contributed by atoms with Gasteiger partial charge in [-0.3, -0.25) is 9.69 Å². The second-order valence-electron chi connectivity index (χ2n) is 7.34.